The van der Waals surface area contributed by atoms with E-state index >= 15 is 0 Å². The van der Waals surface area contributed by atoms with E-state index in [-0.39, 0.29) is 12.2 Å². The molecule has 0 spiro atoms. The van der Waals surface area contributed by atoms with Crippen LogP contribution in [-0.2, 0) is 6.61 Å². The zero-order valence-corrected chi connectivity index (χ0v) is 18.8. The lowest BCUT2D eigenvalue weighted by molar-refractivity contribution is 0.300. The lowest BCUT2D eigenvalue weighted by Gasteiger charge is -2.38. The first-order chi connectivity index (χ1) is 15.6. The Labute approximate surface area is 192 Å². The number of halogens is 1. The number of fused-ring (bicyclic) bond motifs is 1. The fraction of sp³-hybridized carbons (Fsp3) is 0.375. The van der Waals surface area contributed by atoms with Gasteiger partial charge in [-0.2, -0.15) is 0 Å². The Morgan fingerprint density at radius 2 is 2.03 bits per heavy atom. The Kier molecular flexibility index (Phi) is 5.85. The fourth-order valence-electron chi connectivity index (χ4n) is 4.78. The zero-order valence-electron chi connectivity index (χ0n) is 18.0. The average Bonchev–Trinajstić information content (AvgIpc) is 3.19. The highest BCUT2D eigenvalue weighted by molar-refractivity contribution is 6.30. The van der Waals surface area contributed by atoms with Gasteiger partial charge in [0.15, 0.2) is 0 Å². The number of hydrogen-bond acceptors (Lipinski definition) is 6. The van der Waals surface area contributed by atoms with Gasteiger partial charge in [-0.3, -0.25) is 14.3 Å². The van der Waals surface area contributed by atoms with Crippen LogP contribution in [-0.4, -0.2) is 52.2 Å². The van der Waals surface area contributed by atoms with Crippen molar-refractivity contribution in [1.82, 2.24) is 19.4 Å². The summed E-state index contributed by atoms with van der Waals surface area (Å²) in [7, 11) is 2.19. The van der Waals surface area contributed by atoms with E-state index in [1.807, 2.05) is 12.1 Å². The van der Waals surface area contributed by atoms with Crippen LogP contribution >= 0.6 is 11.6 Å². The molecule has 2 fully saturated rings. The maximum Gasteiger partial charge on any atom is 0.258 e. The highest BCUT2D eigenvalue weighted by Crippen LogP contribution is 2.32. The van der Waals surface area contributed by atoms with Crippen molar-refractivity contribution in [3.05, 3.63) is 76.1 Å². The molecule has 3 aromatic heterocycles. The molecular formula is C24H26ClN5O2. The molecule has 8 heteroatoms. The standard InChI is InChI=1S/C24H26ClN5O2/c1-28-14-17-3-2-9-30(22(17)15-28)23-7-6-20(13-27-23)29-10-8-21(11-24(29)31)32-16-19-5-4-18(25)12-26-19/h4-8,10-13,17,22H,2-3,9,14-16H2,1H3. The van der Waals surface area contributed by atoms with Crippen molar-refractivity contribution in [3.63, 3.8) is 0 Å². The van der Waals surface area contributed by atoms with Gasteiger partial charge < -0.3 is 14.5 Å². The Morgan fingerprint density at radius 3 is 2.78 bits per heavy atom. The number of aromatic nitrogens is 3. The van der Waals surface area contributed by atoms with E-state index in [0.29, 0.717) is 22.7 Å². The molecule has 2 aliphatic heterocycles. The highest BCUT2D eigenvalue weighted by atomic mass is 35.5. The fourth-order valence-corrected chi connectivity index (χ4v) is 4.89. The Morgan fingerprint density at radius 1 is 1.12 bits per heavy atom. The summed E-state index contributed by atoms with van der Waals surface area (Å²) in [6.45, 7) is 3.55. The van der Waals surface area contributed by atoms with Crippen LogP contribution in [0.2, 0.25) is 5.02 Å². The zero-order chi connectivity index (χ0) is 22.1. The number of anilines is 1. The van der Waals surface area contributed by atoms with Gasteiger partial charge in [-0.05, 0) is 56.1 Å². The van der Waals surface area contributed by atoms with E-state index in [0.717, 1.165) is 36.8 Å². The van der Waals surface area contributed by atoms with Crippen LogP contribution in [0.15, 0.2) is 59.8 Å². The summed E-state index contributed by atoms with van der Waals surface area (Å²) in [6.07, 6.45) is 7.56. The minimum Gasteiger partial charge on any atom is -0.487 e. The van der Waals surface area contributed by atoms with E-state index in [9.17, 15) is 4.79 Å². The van der Waals surface area contributed by atoms with E-state index < -0.39 is 0 Å². The van der Waals surface area contributed by atoms with Gasteiger partial charge in [-0.25, -0.2) is 4.98 Å². The largest absolute Gasteiger partial charge is 0.487 e. The van der Waals surface area contributed by atoms with Crippen molar-refractivity contribution in [1.29, 1.82) is 0 Å². The molecule has 32 heavy (non-hydrogen) atoms. The van der Waals surface area contributed by atoms with Crippen LogP contribution in [0.4, 0.5) is 5.82 Å². The van der Waals surface area contributed by atoms with Crippen molar-refractivity contribution >= 4 is 17.4 Å². The molecule has 3 aromatic rings. The van der Waals surface area contributed by atoms with E-state index in [2.05, 4.69) is 21.8 Å². The molecule has 5 heterocycles. The molecule has 166 valence electrons. The first kappa shape index (κ1) is 21.0. The van der Waals surface area contributed by atoms with Crippen molar-refractivity contribution < 1.29 is 4.74 Å². The summed E-state index contributed by atoms with van der Waals surface area (Å²) >= 11 is 5.85. The lowest BCUT2D eigenvalue weighted by Crippen LogP contribution is -2.45. The van der Waals surface area contributed by atoms with Gasteiger partial charge in [0.1, 0.15) is 18.2 Å². The normalized spacial score (nSPS) is 20.9. The molecule has 0 bridgehead atoms. The molecule has 0 aromatic carbocycles. The highest BCUT2D eigenvalue weighted by Gasteiger charge is 2.38. The molecule has 2 unspecified atom stereocenters. The Bertz CT molecular complexity index is 1130. The van der Waals surface area contributed by atoms with Crippen LogP contribution < -0.4 is 15.2 Å². The SMILES string of the molecule is CN1CC2CCCN(c3ccc(-n4ccc(OCc5ccc(Cl)cn5)cc4=O)cn3)C2C1. The third-order valence-corrected chi connectivity index (χ3v) is 6.56. The Hall–Kier alpha value is -2.90. The van der Waals surface area contributed by atoms with Gasteiger partial charge in [0.2, 0.25) is 0 Å². The van der Waals surface area contributed by atoms with Gasteiger partial charge in [0, 0.05) is 44.1 Å². The minimum absolute atomic E-state index is 0.170. The number of likely N-dealkylation sites (N-methyl/N-ethyl adjacent to an activating group) is 1. The first-order valence-electron chi connectivity index (χ1n) is 10.9. The van der Waals surface area contributed by atoms with Crippen LogP contribution in [0.25, 0.3) is 5.69 Å². The minimum atomic E-state index is -0.170. The third kappa shape index (κ3) is 4.36. The van der Waals surface area contributed by atoms with Crippen molar-refractivity contribution in [3.8, 4) is 11.4 Å². The molecule has 0 radical (unpaired) electrons. The van der Waals surface area contributed by atoms with Crippen LogP contribution in [0.3, 0.4) is 0 Å². The molecular weight excluding hydrogens is 426 g/mol. The number of nitrogens with zero attached hydrogens (tertiary/aromatic N) is 5. The molecule has 2 aliphatic rings. The van der Waals surface area contributed by atoms with Gasteiger partial charge in [0.25, 0.3) is 5.56 Å². The molecule has 0 saturated carbocycles. The number of rotatable bonds is 5. The number of likely N-dealkylation sites (tertiary alicyclic amines) is 1. The second-order valence-corrected chi connectivity index (χ2v) is 9.02. The topological polar surface area (TPSA) is 63.5 Å². The summed E-state index contributed by atoms with van der Waals surface area (Å²) in [4.78, 5) is 26.4. The summed E-state index contributed by atoms with van der Waals surface area (Å²) in [5.41, 5.74) is 1.31. The van der Waals surface area contributed by atoms with Gasteiger partial charge in [-0.1, -0.05) is 11.6 Å². The monoisotopic (exact) mass is 451 g/mol. The summed E-state index contributed by atoms with van der Waals surface area (Å²) in [5.74, 6) is 2.20. The molecule has 5 rings (SSSR count). The molecule has 0 amide bonds. The maximum absolute atomic E-state index is 12.7. The van der Waals surface area contributed by atoms with E-state index in [1.54, 1.807) is 41.4 Å². The number of pyridine rings is 3. The van der Waals surface area contributed by atoms with Crippen molar-refractivity contribution in [2.75, 3.05) is 31.6 Å². The average molecular weight is 452 g/mol. The summed E-state index contributed by atoms with van der Waals surface area (Å²) < 4.78 is 7.28. The second kappa shape index (κ2) is 8.92. The molecule has 2 atom stereocenters. The molecule has 2 saturated heterocycles. The van der Waals surface area contributed by atoms with Crippen molar-refractivity contribution in [2.45, 2.75) is 25.5 Å². The third-order valence-electron chi connectivity index (χ3n) is 6.33. The van der Waals surface area contributed by atoms with Crippen molar-refractivity contribution in [2.24, 2.45) is 5.92 Å². The predicted octanol–water partition coefficient (Wildman–Crippen LogP) is 3.39. The van der Waals surface area contributed by atoms with E-state index in [1.165, 1.54) is 18.9 Å². The van der Waals surface area contributed by atoms with Crippen LogP contribution in [0, 0.1) is 5.92 Å². The molecule has 0 aliphatic carbocycles. The van der Waals surface area contributed by atoms with Gasteiger partial charge in [0.05, 0.1) is 22.6 Å². The van der Waals surface area contributed by atoms with Gasteiger partial charge >= 0.3 is 0 Å². The Balaban J connectivity index is 1.28. The van der Waals surface area contributed by atoms with E-state index in [4.69, 9.17) is 21.3 Å². The quantitative estimate of drug-likeness (QED) is 0.592. The summed E-state index contributed by atoms with van der Waals surface area (Å²) in [5, 5.41) is 0.576. The number of piperidine rings is 1. The van der Waals surface area contributed by atoms with Crippen LogP contribution in [0.5, 0.6) is 5.75 Å². The maximum atomic E-state index is 12.7. The molecule has 7 nitrogen and oxygen atoms in total. The molecule has 0 N–H and O–H groups in total. The smallest absolute Gasteiger partial charge is 0.258 e. The first-order valence-corrected chi connectivity index (χ1v) is 11.3. The number of hydrogen-bond donors (Lipinski definition) is 0. The van der Waals surface area contributed by atoms with Gasteiger partial charge in [-0.15, -0.1) is 0 Å². The lowest BCUT2D eigenvalue weighted by atomic mass is 9.92. The van der Waals surface area contributed by atoms with Crippen LogP contribution in [0.1, 0.15) is 18.5 Å². The number of ether oxygens (including phenoxy) is 1. The predicted molar refractivity (Wildman–Crippen MR) is 125 cm³/mol. The summed E-state index contributed by atoms with van der Waals surface area (Å²) in [6, 6.07) is 11.3. The second-order valence-electron chi connectivity index (χ2n) is 8.59.